The van der Waals surface area contributed by atoms with Crippen molar-refractivity contribution in [2.45, 2.75) is 525 Å². The zero-order valence-corrected chi connectivity index (χ0v) is 72.3. The molecule has 0 aliphatic carbocycles. The van der Waals surface area contributed by atoms with Crippen molar-refractivity contribution in [1.82, 2.24) is 0 Å². The molecule has 0 aliphatic rings. The van der Waals surface area contributed by atoms with E-state index in [2.05, 4.69) is 240 Å². The molecule has 602 valence electrons. The monoisotopic (exact) mass is 1370 g/mol. The van der Waals surface area contributed by atoms with Gasteiger partial charge in [-0.05, 0) is 119 Å². The fourth-order valence-electron chi connectivity index (χ4n) is 10.0. The highest BCUT2D eigenvalue weighted by atomic mass is 16.5. The molecule has 0 fully saturated rings. The molecule has 1 aromatic carbocycles. The summed E-state index contributed by atoms with van der Waals surface area (Å²) in [6, 6.07) is 6.74. The molecule has 0 saturated heterocycles. The highest BCUT2D eigenvalue weighted by molar-refractivity contribution is 5.44. The summed E-state index contributed by atoms with van der Waals surface area (Å²) in [5.74, 6) is 6.55. The van der Waals surface area contributed by atoms with Crippen LogP contribution in [0.4, 0.5) is 0 Å². The first-order chi connectivity index (χ1) is 41.8. The molecule has 0 bridgehead atoms. The van der Waals surface area contributed by atoms with Gasteiger partial charge in [-0.3, -0.25) is 0 Å². The minimum atomic E-state index is 0. The third-order valence-electron chi connectivity index (χ3n) is 17.7. The Morgan fingerprint density at radius 3 is 0.875 bits per heavy atom. The van der Waals surface area contributed by atoms with Crippen LogP contribution in [0.3, 0.4) is 0 Å². The molecule has 4 atom stereocenters. The number of hydrogen-bond acceptors (Lipinski definition) is 1. The lowest BCUT2D eigenvalue weighted by Crippen LogP contribution is -2.21. The second kappa shape index (κ2) is 88.2. The highest BCUT2D eigenvalue weighted by Gasteiger charge is 2.27. The van der Waals surface area contributed by atoms with Crippen molar-refractivity contribution in [3.05, 3.63) is 29.3 Å². The van der Waals surface area contributed by atoms with Crippen molar-refractivity contribution < 1.29 is 4.74 Å². The molecule has 0 N–H and O–H groups in total. The van der Waals surface area contributed by atoms with E-state index < -0.39 is 0 Å². The van der Waals surface area contributed by atoms with Gasteiger partial charge < -0.3 is 4.74 Å². The Balaban J connectivity index is -0.0000000572. The second-order valence-corrected chi connectivity index (χ2v) is 32.7. The smallest absolute Gasteiger partial charge is 0.123 e. The Morgan fingerprint density at radius 2 is 0.635 bits per heavy atom. The van der Waals surface area contributed by atoms with E-state index in [0.29, 0.717) is 21.7 Å². The summed E-state index contributed by atoms with van der Waals surface area (Å²) in [7, 11) is 0. The normalized spacial score (nSPS) is 11.7. The van der Waals surface area contributed by atoms with Crippen molar-refractivity contribution in [2.24, 2.45) is 57.2 Å². The molecule has 1 rings (SSSR count). The number of hydrogen-bond donors (Lipinski definition) is 0. The minimum Gasteiger partial charge on any atom is -0.494 e. The fourth-order valence-corrected chi connectivity index (χ4v) is 10.0. The Labute approximate surface area is 625 Å². The first-order valence-electron chi connectivity index (χ1n) is 40.5. The highest BCUT2D eigenvalue weighted by Crippen LogP contribution is 2.39. The van der Waals surface area contributed by atoms with E-state index in [1.54, 1.807) is 0 Å². The first-order valence-corrected chi connectivity index (χ1v) is 40.5. The zero-order chi connectivity index (χ0) is 73.2. The molecule has 0 amide bonds. The fraction of sp³-hybridized carbons (Fsp3) is 0.937. The van der Waals surface area contributed by atoms with Gasteiger partial charge in [0.05, 0.1) is 6.61 Å². The lowest BCUT2D eigenvalue weighted by Gasteiger charge is -2.30. The van der Waals surface area contributed by atoms with Crippen molar-refractivity contribution in [3.8, 4) is 5.75 Å². The van der Waals surface area contributed by atoms with Crippen LogP contribution < -0.4 is 4.74 Å². The van der Waals surface area contributed by atoms with Crippen molar-refractivity contribution in [3.63, 3.8) is 0 Å². The zero-order valence-electron chi connectivity index (χ0n) is 72.3. The third-order valence-corrected chi connectivity index (χ3v) is 17.7. The van der Waals surface area contributed by atoms with E-state index >= 15 is 0 Å². The molecule has 96 heavy (non-hydrogen) atoms. The van der Waals surface area contributed by atoms with E-state index in [1.165, 1.54) is 184 Å². The van der Waals surface area contributed by atoms with Crippen LogP contribution in [0.15, 0.2) is 18.2 Å². The van der Waals surface area contributed by atoms with Gasteiger partial charge >= 0.3 is 0 Å². The van der Waals surface area contributed by atoms with Gasteiger partial charge in [-0.15, -0.1) is 0 Å². The van der Waals surface area contributed by atoms with Crippen molar-refractivity contribution in [2.75, 3.05) is 6.61 Å². The molecular formula is C95H216O. The maximum Gasteiger partial charge on any atom is 0.123 e. The molecule has 0 radical (unpaired) electrons. The summed E-state index contributed by atoms with van der Waals surface area (Å²) in [4.78, 5) is 0. The number of rotatable bonds is 33. The van der Waals surface area contributed by atoms with Crippen LogP contribution in [0.1, 0.15) is 526 Å². The maximum absolute atomic E-state index is 5.83. The lowest BCUT2D eigenvalue weighted by molar-refractivity contribution is 0.206. The number of unbranched alkanes of at least 4 members (excludes halogenated alkanes) is 12. The van der Waals surface area contributed by atoms with Gasteiger partial charge in [0.1, 0.15) is 5.75 Å². The van der Waals surface area contributed by atoms with E-state index in [4.69, 9.17) is 4.74 Å². The van der Waals surface area contributed by atoms with Gasteiger partial charge in [0, 0.05) is 5.56 Å². The Hall–Kier alpha value is -0.980. The maximum atomic E-state index is 5.83. The molecule has 0 heterocycles. The standard InChI is InChI=1S/C21H44.C19H40.C18H30O.C7H16.2C6H14.C4H10.4C2H6.6CH4/c1-4-7-9-11-13-14-16-18-20-21(6-3)19-17-15-12-10-8-5-2;1-10-17(16(3)14-19(7,8)9)12-11-15(2)13-18(4,5)6;1-8-17(4,5)14-11-12-16(19-10-3)15(13-14)18(6,7)9-2;1-4-7(5-2)6-3;2*1-5-6(2,3)4;1-4(2)3;4*1-2;;;;;;/h21H,4-20H2,1-3H3;15-17H,10-14H2,1-9H3;11-13H,8-10H2,1-7H3;7H,4-6H2,1-3H3;2*5H2,1-4H3;4H,1-3H3;4*1-2H3;6*1H4. The van der Waals surface area contributed by atoms with Crippen molar-refractivity contribution in [1.29, 1.82) is 0 Å². The third kappa shape index (κ3) is 106. The minimum absolute atomic E-state index is 0. The average Bonchev–Trinajstić information content (AvgIpc) is 0.806. The van der Waals surface area contributed by atoms with Gasteiger partial charge in [-0.1, -0.05) is 488 Å². The van der Waals surface area contributed by atoms with Gasteiger partial charge in [0.2, 0.25) is 0 Å². The summed E-state index contributed by atoms with van der Waals surface area (Å²) < 4.78 is 5.83. The quantitative estimate of drug-likeness (QED) is 0.0638. The topological polar surface area (TPSA) is 9.23 Å². The summed E-state index contributed by atoms with van der Waals surface area (Å²) in [5.41, 5.74) is 5.18. The summed E-state index contributed by atoms with van der Waals surface area (Å²) >= 11 is 0. The van der Waals surface area contributed by atoms with Crippen LogP contribution in [-0.2, 0) is 10.8 Å². The molecular weight excluding hydrogens is 1160 g/mol. The predicted octanol–water partition coefficient (Wildman–Crippen LogP) is 38.0. The molecule has 0 aliphatic heterocycles. The first kappa shape index (κ1) is 135. The van der Waals surface area contributed by atoms with Crippen LogP contribution in [0.5, 0.6) is 5.75 Å². The number of benzene rings is 1. The van der Waals surface area contributed by atoms with Crippen molar-refractivity contribution >= 4 is 0 Å². The Kier molecular flexibility index (Phi) is 124. The molecule has 0 aromatic heterocycles. The van der Waals surface area contributed by atoms with Gasteiger partial charge in [0.25, 0.3) is 0 Å². The molecule has 0 saturated carbocycles. The van der Waals surface area contributed by atoms with E-state index in [1.807, 2.05) is 62.3 Å². The molecule has 4 unspecified atom stereocenters. The molecule has 1 nitrogen and oxygen atoms in total. The number of ether oxygens (including phenoxy) is 1. The summed E-state index contributed by atoms with van der Waals surface area (Å²) in [6.07, 6.45) is 40.6. The summed E-state index contributed by atoms with van der Waals surface area (Å²) in [5, 5.41) is 0. The van der Waals surface area contributed by atoms with E-state index in [-0.39, 0.29) is 55.4 Å². The van der Waals surface area contributed by atoms with Gasteiger partial charge in [-0.25, -0.2) is 0 Å². The molecule has 0 spiro atoms. The Bertz CT molecular complexity index is 1400. The molecule has 1 heteroatoms. The van der Waals surface area contributed by atoms with Gasteiger partial charge in [0.15, 0.2) is 0 Å². The van der Waals surface area contributed by atoms with Crippen LogP contribution in [0, 0.1) is 57.2 Å². The largest absolute Gasteiger partial charge is 0.494 e. The average molecular weight is 1370 g/mol. The van der Waals surface area contributed by atoms with Crippen LogP contribution >= 0.6 is 0 Å². The van der Waals surface area contributed by atoms with Crippen LogP contribution in [0.25, 0.3) is 0 Å². The van der Waals surface area contributed by atoms with E-state index in [0.717, 1.165) is 60.7 Å². The Morgan fingerprint density at radius 1 is 0.333 bits per heavy atom. The molecule has 1 aromatic rings. The van der Waals surface area contributed by atoms with Gasteiger partial charge in [-0.2, -0.15) is 0 Å². The second-order valence-electron chi connectivity index (χ2n) is 32.7. The van der Waals surface area contributed by atoms with Crippen LogP contribution in [-0.4, -0.2) is 6.61 Å². The lowest BCUT2D eigenvalue weighted by atomic mass is 9.75. The van der Waals surface area contributed by atoms with E-state index in [9.17, 15) is 0 Å². The summed E-state index contributed by atoms with van der Waals surface area (Å²) in [6.45, 7) is 92.1. The SMILES string of the molecule is C.C.C.C.C.C.CC.CC.CC.CC.CC(C)C.CCC(C)(C)C.CCC(C)(C)C.CCC(CC)CC.CCC(CCC(C)CC(C)(C)C)C(C)CC(C)(C)C.CCCCCCCCCCC(CC)CCCCCCCC.CCOc1ccc(C(C)(C)CC)cc1C(C)(C)CC. The van der Waals surface area contributed by atoms with Crippen LogP contribution in [0.2, 0.25) is 0 Å². The predicted molar refractivity (Wildman–Crippen MR) is 473 cm³/mol.